The van der Waals surface area contributed by atoms with E-state index < -0.39 is 8.32 Å². The summed E-state index contributed by atoms with van der Waals surface area (Å²) >= 11 is 0. The van der Waals surface area contributed by atoms with Crippen molar-refractivity contribution in [2.75, 3.05) is 13.2 Å². The zero-order chi connectivity index (χ0) is 15.4. The fraction of sp³-hybridized carbons (Fsp3) is 0.786. The molecule has 1 heterocycles. The van der Waals surface area contributed by atoms with Crippen LogP contribution in [0.2, 0.25) is 18.1 Å². The molecular formula is C14H28N2O3Si. The molecule has 20 heavy (non-hydrogen) atoms. The van der Waals surface area contributed by atoms with Gasteiger partial charge in [0.25, 0.3) is 0 Å². The smallest absolute Gasteiger partial charge is 0.233 e. The predicted octanol–water partition coefficient (Wildman–Crippen LogP) is 2.80. The highest BCUT2D eigenvalue weighted by Gasteiger charge is 2.36. The minimum absolute atomic E-state index is 0.0415. The van der Waals surface area contributed by atoms with E-state index in [0.29, 0.717) is 25.6 Å². The summed E-state index contributed by atoms with van der Waals surface area (Å²) in [4.78, 5) is 0. The van der Waals surface area contributed by atoms with Crippen molar-refractivity contribution in [2.24, 2.45) is 0 Å². The van der Waals surface area contributed by atoms with Gasteiger partial charge in [-0.3, -0.25) is 4.68 Å². The average Bonchev–Trinajstić information content (AvgIpc) is 2.70. The Morgan fingerprint density at radius 2 is 2.00 bits per heavy atom. The maximum Gasteiger partial charge on any atom is 0.233 e. The lowest BCUT2D eigenvalue weighted by molar-refractivity contribution is 0.242. The standard InChI is InChI=1S/C14H28N2O3Si/c1-7-18-13-10-12(11-17)16(15-13)8-9-19-20(5,6)14(2,3)4/h10,17H,7-9,11H2,1-6H3. The number of aliphatic hydroxyl groups excluding tert-OH is 1. The molecular weight excluding hydrogens is 272 g/mol. The van der Waals surface area contributed by atoms with Gasteiger partial charge in [0, 0.05) is 6.07 Å². The zero-order valence-corrected chi connectivity index (χ0v) is 14.6. The van der Waals surface area contributed by atoms with E-state index in [0.717, 1.165) is 5.69 Å². The maximum atomic E-state index is 9.34. The SMILES string of the molecule is CCOc1cc(CO)n(CCO[Si](C)(C)C(C)(C)C)n1. The number of hydrogen-bond acceptors (Lipinski definition) is 4. The molecule has 1 aromatic heterocycles. The van der Waals surface area contributed by atoms with Gasteiger partial charge in [-0.2, -0.15) is 0 Å². The number of aromatic nitrogens is 2. The largest absolute Gasteiger partial charge is 0.477 e. The van der Waals surface area contributed by atoms with Crippen LogP contribution in [0.25, 0.3) is 0 Å². The first-order valence-electron chi connectivity index (χ1n) is 7.15. The van der Waals surface area contributed by atoms with Gasteiger partial charge in [0.2, 0.25) is 5.88 Å². The van der Waals surface area contributed by atoms with Gasteiger partial charge in [-0.1, -0.05) is 20.8 Å². The number of aliphatic hydroxyl groups is 1. The maximum absolute atomic E-state index is 9.34. The van der Waals surface area contributed by atoms with Crippen LogP contribution in [-0.4, -0.2) is 36.4 Å². The van der Waals surface area contributed by atoms with Crippen molar-refractivity contribution in [3.05, 3.63) is 11.8 Å². The minimum Gasteiger partial charge on any atom is -0.477 e. The third kappa shape index (κ3) is 4.33. The number of hydrogen-bond donors (Lipinski definition) is 1. The van der Waals surface area contributed by atoms with E-state index in [2.05, 4.69) is 39.0 Å². The van der Waals surface area contributed by atoms with Crippen LogP contribution in [0.5, 0.6) is 5.88 Å². The first-order valence-corrected chi connectivity index (χ1v) is 10.1. The normalized spacial score (nSPS) is 12.8. The minimum atomic E-state index is -1.73. The monoisotopic (exact) mass is 300 g/mol. The second-order valence-electron chi connectivity index (χ2n) is 6.40. The molecule has 0 aliphatic carbocycles. The Morgan fingerprint density at radius 3 is 2.50 bits per heavy atom. The lowest BCUT2D eigenvalue weighted by atomic mass is 10.2. The van der Waals surface area contributed by atoms with Gasteiger partial charge in [0.05, 0.1) is 32.1 Å². The predicted molar refractivity (Wildman–Crippen MR) is 82.5 cm³/mol. The van der Waals surface area contributed by atoms with Crippen molar-refractivity contribution in [1.82, 2.24) is 9.78 Å². The molecule has 0 spiro atoms. The Kier molecular flexibility index (Phi) is 5.79. The lowest BCUT2D eigenvalue weighted by Gasteiger charge is -2.36. The Bertz CT molecular complexity index is 425. The fourth-order valence-corrected chi connectivity index (χ4v) is 2.61. The topological polar surface area (TPSA) is 56.5 Å². The van der Waals surface area contributed by atoms with E-state index in [1.165, 1.54) is 0 Å². The van der Waals surface area contributed by atoms with Crippen LogP contribution in [0.15, 0.2) is 6.07 Å². The molecule has 1 N–H and O–H groups in total. The summed E-state index contributed by atoms with van der Waals surface area (Å²) in [5, 5.41) is 13.9. The van der Waals surface area contributed by atoms with Crippen LogP contribution in [0.3, 0.4) is 0 Å². The fourth-order valence-electron chi connectivity index (χ4n) is 1.57. The van der Waals surface area contributed by atoms with E-state index in [1.54, 1.807) is 10.7 Å². The summed E-state index contributed by atoms with van der Waals surface area (Å²) in [6, 6.07) is 1.77. The summed E-state index contributed by atoms with van der Waals surface area (Å²) in [6.07, 6.45) is 0. The van der Waals surface area contributed by atoms with E-state index >= 15 is 0 Å². The third-order valence-electron chi connectivity index (χ3n) is 3.87. The average molecular weight is 300 g/mol. The van der Waals surface area contributed by atoms with Gasteiger partial charge in [0.15, 0.2) is 8.32 Å². The van der Waals surface area contributed by atoms with Crippen LogP contribution in [0.1, 0.15) is 33.4 Å². The lowest BCUT2D eigenvalue weighted by Crippen LogP contribution is -2.41. The number of nitrogens with zero attached hydrogens (tertiary/aromatic N) is 2. The molecule has 0 atom stereocenters. The molecule has 1 aromatic rings. The van der Waals surface area contributed by atoms with E-state index in [9.17, 15) is 5.11 Å². The molecule has 0 unspecified atom stereocenters. The van der Waals surface area contributed by atoms with Crippen molar-refractivity contribution in [1.29, 1.82) is 0 Å². The first-order chi connectivity index (χ1) is 9.21. The Balaban J connectivity index is 2.62. The Hall–Kier alpha value is -0.853. The van der Waals surface area contributed by atoms with Crippen LogP contribution in [-0.2, 0) is 17.6 Å². The van der Waals surface area contributed by atoms with Crippen LogP contribution in [0, 0.1) is 0 Å². The van der Waals surface area contributed by atoms with Crippen LogP contribution in [0.4, 0.5) is 0 Å². The summed E-state index contributed by atoms with van der Waals surface area (Å²) in [5.41, 5.74) is 0.757. The summed E-state index contributed by atoms with van der Waals surface area (Å²) in [6.45, 7) is 14.8. The van der Waals surface area contributed by atoms with Crippen LogP contribution >= 0.6 is 0 Å². The molecule has 6 heteroatoms. The molecule has 0 radical (unpaired) electrons. The summed E-state index contributed by atoms with van der Waals surface area (Å²) < 4.78 is 13.2. The van der Waals surface area contributed by atoms with Crippen molar-refractivity contribution in [3.63, 3.8) is 0 Å². The molecule has 5 nitrogen and oxygen atoms in total. The van der Waals surface area contributed by atoms with Crippen molar-refractivity contribution in [2.45, 2.75) is 59.0 Å². The first kappa shape index (κ1) is 17.2. The molecule has 0 bridgehead atoms. The van der Waals surface area contributed by atoms with Gasteiger partial charge in [-0.05, 0) is 25.1 Å². The highest BCUT2D eigenvalue weighted by atomic mass is 28.4. The molecule has 0 amide bonds. The van der Waals surface area contributed by atoms with Crippen molar-refractivity contribution < 1.29 is 14.3 Å². The molecule has 0 aliphatic rings. The molecule has 0 saturated heterocycles. The number of ether oxygens (including phenoxy) is 1. The highest BCUT2D eigenvalue weighted by Crippen LogP contribution is 2.36. The second kappa shape index (κ2) is 6.73. The van der Waals surface area contributed by atoms with Gasteiger partial charge in [0.1, 0.15) is 0 Å². The van der Waals surface area contributed by atoms with Gasteiger partial charge in [-0.25, -0.2) is 0 Å². The molecule has 0 aromatic carbocycles. The van der Waals surface area contributed by atoms with Crippen molar-refractivity contribution in [3.8, 4) is 5.88 Å². The molecule has 0 fully saturated rings. The third-order valence-corrected chi connectivity index (χ3v) is 8.41. The Morgan fingerprint density at radius 1 is 1.35 bits per heavy atom. The van der Waals surface area contributed by atoms with E-state index in [-0.39, 0.29) is 11.6 Å². The van der Waals surface area contributed by atoms with E-state index in [1.807, 2.05) is 6.92 Å². The number of rotatable bonds is 7. The highest BCUT2D eigenvalue weighted by molar-refractivity contribution is 6.74. The molecule has 0 aliphatic heterocycles. The summed E-state index contributed by atoms with van der Waals surface area (Å²) in [5.74, 6) is 0.559. The van der Waals surface area contributed by atoms with Crippen molar-refractivity contribution >= 4 is 8.32 Å². The quantitative estimate of drug-likeness (QED) is 0.787. The van der Waals surface area contributed by atoms with Gasteiger partial charge >= 0.3 is 0 Å². The molecule has 1 rings (SSSR count). The van der Waals surface area contributed by atoms with Crippen LogP contribution < -0.4 is 4.74 Å². The van der Waals surface area contributed by atoms with Gasteiger partial charge < -0.3 is 14.3 Å². The van der Waals surface area contributed by atoms with Gasteiger partial charge in [-0.15, -0.1) is 5.10 Å². The summed E-state index contributed by atoms with van der Waals surface area (Å²) in [7, 11) is -1.73. The Labute approximate surface area is 123 Å². The molecule has 0 saturated carbocycles. The molecule has 116 valence electrons. The van der Waals surface area contributed by atoms with E-state index in [4.69, 9.17) is 9.16 Å². The zero-order valence-electron chi connectivity index (χ0n) is 13.6. The second-order valence-corrected chi connectivity index (χ2v) is 11.2.